The van der Waals surface area contributed by atoms with Gasteiger partial charge in [0.1, 0.15) is 6.07 Å². The van der Waals surface area contributed by atoms with E-state index in [0.29, 0.717) is 18.2 Å². The first-order chi connectivity index (χ1) is 14.1. The van der Waals surface area contributed by atoms with Gasteiger partial charge in [-0.05, 0) is 36.0 Å². The summed E-state index contributed by atoms with van der Waals surface area (Å²) in [4.78, 5) is 2.31. The molecule has 3 rings (SSSR count). The third-order valence-electron chi connectivity index (χ3n) is 6.56. The zero-order chi connectivity index (χ0) is 22.3. The molecule has 2 atom stereocenters. The van der Waals surface area contributed by atoms with Crippen molar-refractivity contribution in [3.05, 3.63) is 58.3 Å². The lowest BCUT2D eigenvalue weighted by molar-refractivity contribution is 0.174. The zero-order valence-electron chi connectivity index (χ0n) is 18.4. The van der Waals surface area contributed by atoms with Crippen molar-refractivity contribution in [1.82, 2.24) is 4.90 Å². The zero-order valence-corrected chi connectivity index (χ0v) is 18.4. The minimum Gasteiger partial charge on any atom is -0.399 e. The molecule has 2 unspecified atom stereocenters. The van der Waals surface area contributed by atoms with Crippen molar-refractivity contribution in [2.45, 2.75) is 52.0 Å². The van der Waals surface area contributed by atoms with Gasteiger partial charge in [-0.1, -0.05) is 51.1 Å². The Morgan fingerprint density at radius 3 is 2.17 bits per heavy atom. The van der Waals surface area contributed by atoms with Crippen LogP contribution < -0.4 is 5.73 Å². The van der Waals surface area contributed by atoms with Gasteiger partial charge in [0, 0.05) is 31.0 Å². The summed E-state index contributed by atoms with van der Waals surface area (Å²) in [6.45, 7) is 12.1. The Bertz CT molecular complexity index is 1000. The van der Waals surface area contributed by atoms with E-state index in [1.807, 2.05) is 12.1 Å². The van der Waals surface area contributed by atoms with E-state index in [1.54, 1.807) is 0 Å². The van der Waals surface area contributed by atoms with Gasteiger partial charge in [0.25, 0.3) is 0 Å². The molecule has 5 heteroatoms. The van der Waals surface area contributed by atoms with Crippen molar-refractivity contribution in [1.29, 1.82) is 15.8 Å². The molecular formula is C25H29N5. The maximum absolute atomic E-state index is 10.2. The number of hydrogen-bond donors (Lipinski definition) is 1. The summed E-state index contributed by atoms with van der Waals surface area (Å²) in [5.41, 5.74) is 8.16. The van der Waals surface area contributed by atoms with Gasteiger partial charge in [0.2, 0.25) is 0 Å². The predicted octanol–water partition coefficient (Wildman–Crippen LogP) is 4.12. The number of rotatable bonds is 2. The average molecular weight is 400 g/mol. The minimum atomic E-state index is -1.57. The first-order valence-electron chi connectivity index (χ1n) is 10.4. The van der Waals surface area contributed by atoms with Crippen LogP contribution in [0.3, 0.4) is 0 Å². The SMILES string of the molecule is CC(C)N1CC=C2C(C#N)=C(N)C(C#N)(C#N)C(c3ccc(C(C)(C)C)cc3)C2C1. The van der Waals surface area contributed by atoms with E-state index in [-0.39, 0.29) is 17.0 Å². The molecule has 2 N–H and O–H groups in total. The largest absolute Gasteiger partial charge is 0.399 e. The van der Waals surface area contributed by atoms with Crippen LogP contribution >= 0.6 is 0 Å². The van der Waals surface area contributed by atoms with Crippen molar-refractivity contribution < 1.29 is 0 Å². The molecule has 0 spiro atoms. The average Bonchev–Trinajstić information content (AvgIpc) is 2.72. The normalized spacial score (nSPS) is 23.8. The highest BCUT2D eigenvalue weighted by Gasteiger charge is 2.54. The molecule has 1 aromatic rings. The van der Waals surface area contributed by atoms with E-state index in [0.717, 1.165) is 17.7 Å². The Morgan fingerprint density at radius 1 is 1.10 bits per heavy atom. The van der Waals surface area contributed by atoms with Gasteiger partial charge in [0.15, 0.2) is 5.41 Å². The van der Waals surface area contributed by atoms with Gasteiger partial charge in [-0.2, -0.15) is 15.8 Å². The quantitative estimate of drug-likeness (QED) is 0.806. The monoisotopic (exact) mass is 399 g/mol. The second-order valence-corrected chi connectivity index (χ2v) is 9.60. The number of nitriles is 3. The molecule has 0 aromatic heterocycles. The third kappa shape index (κ3) is 3.28. The molecule has 1 aliphatic carbocycles. The number of hydrogen-bond acceptors (Lipinski definition) is 5. The Kier molecular flexibility index (Phi) is 5.51. The molecule has 1 aliphatic heterocycles. The van der Waals surface area contributed by atoms with E-state index in [2.05, 4.69) is 75.9 Å². The smallest absolute Gasteiger partial charge is 0.191 e. The van der Waals surface area contributed by atoms with E-state index < -0.39 is 11.3 Å². The molecule has 30 heavy (non-hydrogen) atoms. The van der Waals surface area contributed by atoms with Gasteiger partial charge in [-0.25, -0.2) is 0 Å². The van der Waals surface area contributed by atoms with Gasteiger partial charge < -0.3 is 5.73 Å². The highest BCUT2D eigenvalue weighted by molar-refractivity contribution is 5.59. The molecule has 1 aromatic carbocycles. The van der Waals surface area contributed by atoms with Crippen molar-refractivity contribution in [2.24, 2.45) is 17.1 Å². The number of benzene rings is 1. The molecule has 1 heterocycles. The van der Waals surface area contributed by atoms with Crippen LogP contribution in [0.5, 0.6) is 0 Å². The van der Waals surface area contributed by atoms with Crippen molar-refractivity contribution in [3.63, 3.8) is 0 Å². The molecule has 0 bridgehead atoms. The van der Waals surface area contributed by atoms with Crippen molar-refractivity contribution >= 4 is 0 Å². The molecular weight excluding hydrogens is 370 g/mol. The molecule has 154 valence electrons. The van der Waals surface area contributed by atoms with Crippen LogP contribution in [0.25, 0.3) is 0 Å². The summed E-state index contributed by atoms with van der Waals surface area (Å²) < 4.78 is 0. The minimum absolute atomic E-state index is 0.00386. The summed E-state index contributed by atoms with van der Waals surface area (Å²) in [5.74, 6) is -0.589. The molecule has 2 aliphatic rings. The fourth-order valence-corrected chi connectivity index (χ4v) is 4.69. The Morgan fingerprint density at radius 2 is 1.70 bits per heavy atom. The first kappa shape index (κ1) is 21.6. The van der Waals surface area contributed by atoms with Crippen LogP contribution in [0.4, 0.5) is 0 Å². The van der Waals surface area contributed by atoms with Crippen LogP contribution in [-0.2, 0) is 5.41 Å². The van der Waals surface area contributed by atoms with Crippen molar-refractivity contribution in [3.8, 4) is 18.2 Å². The van der Waals surface area contributed by atoms with E-state index >= 15 is 0 Å². The fourth-order valence-electron chi connectivity index (χ4n) is 4.69. The van der Waals surface area contributed by atoms with Crippen molar-refractivity contribution in [2.75, 3.05) is 13.1 Å². The van der Waals surface area contributed by atoms with Gasteiger partial charge >= 0.3 is 0 Å². The van der Waals surface area contributed by atoms with Gasteiger partial charge in [-0.15, -0.1) is 0 Å². The molecule has 0 radical (unpaired) electrons. The Hall–Kier alpha value is -3.07. The molecule has 0 fully saturated rings. The van der Waals surface area contributed by atoms with Crippen LogP contribution in [-0.4, -0.2) is 24.0 Å². The predicted molar refractivity (Wildman–Crippen MR) is 117 cm³/mol. The molecule has 5 nitrogen and oxygen atoms in total. The number of allylic oxidation sites excluding steroid dienone is 2. The summed E-state index contributed by atoms with van der Waals surface area (Å²) in [6.07, 6.45) is 2.05. The van der Waals surface area contributed by atoms with Gasteiger partial charge in [0.05, 0.1) is 23.4 Å². The second-order valence-electron chi connectivity index (χ2n) is 9.60. The topological polar surface area (TPSA) is 101 Å². The Balaban J connectivity index is 2.25. The number of nitrogens with two attached hydrogens (primary N) is 1. The van der Waals surface area contributed by atoms with Crippen LogP contribution in [0, 0.1) is 45.3 Å². The highest BCUT2D eigenvalue weighted by atomic mass is 15.2. The number of fused-ring (bicyclic) bond motifs is 1. The van der Waals surface area contributed by atoms with Crippen LogP contribution in [0.2, 0.25) is 0 Å². The summed E-state index contributed by atoms with van der Waals surface area (Å²) in [5, 5.41) is 30.2. The maximum Gasteiger partial charge on any atom is 0.191 e. The highest BCUT2D eigenvalue weighted by Crippen LogP contribution is 2.54. The fraction of sp³-hybridized carbons (Fsp3) is 0.480. The third-order valence-corrected chi connectivity index (χ3v) is 6.56. The number of nitrogens with zero attached hydrogens (tertiary/aromatic N) is 4. The van der Waals surface area contributed by atoms with Crippen LogP contribution in [0.1, 0.15) is 51.7 Å². The molecule has 0 saturated heterocycles. The lowest BCUT2D eigenvalue weighted by Crippen LogP contribution is -2.49. The van der Waals surface area contributed by atoms with E-state index in [4.69, 9.17) is 5.73 Å². The lowest BCUT2D eigenvalue weighted by atomic mass is 9.58. The maximum atomic E-state index is 10.2. The van der Waals surface area contributed by atoms with E-state index in [1.165, 1.54) is 5.56 Å². The van der Waals surface area contributed by atoms with Crippen LogP contribution in [0.15, 0.2) is 47.2 Å². The second kappa shape index (κ2) is 7.64. The van der Waals surface area contributed by atoms with E-state index in [9.17, 15) is 15.8 Å². The standard InChI is InChI=1S/C25H29N5/c1-16(2)30-11-10-19-20(12-26)23(29)25(14-27,15-28)22(21(19)13-30)17-6-8-18(9-7-17)24(3,4)5/h6-10,16,21-22H,11,13,29H2,1-5H3. The van der Waals surface area contributed by atoms with Gasteiger partial charge in [-0.3, -0.25) is 4.90 Å². The summed E-state index contributed by atoms with van der Waals surface area (Å²) in [7, 11) is 0. The molecule has 0 amide bonds. The molecule has 0 saturated carbocycles. The lowest BCUT2D eigenvalue weighted by Gasteiger charge is -2.46. The summed E-state index contributed by atoms with van der Waals surface area (Å²) in [6, 6.07) is 15.1. The Labute approximate surface area is 179 Å². The first-order valence-corrected chi connectivity index (χ1v) is 10.4. The summed E-state index contributed by atoms with van der Waals surface area (Å²) >= 11 is 0.